The van der Waals surface area contributed by atoms with E-state index in [9.17, 15) is 19.7 Å². The predicted molar refractivity (Wildman–Crippen MR) is 82.8 cm³/mol. The number of anilines is 1. The zero-order valence-corrected chi connectivity index (χ0v) is 12.6. The number of esters is 1. The average molecular weight is 321 g/mol. The number of nitrogens with zero attached hydrogens (tertiary/aromatic N) is 1. The van der Waals surface area contributed by atoms with Crippen LogP contribution in [0.1, 0.15) is 42.5 Å². The highest BCUT2D eigenvalue weighted by molar-refractivity contribution is 5.96. The Balaban J connectivity index is 1.86. The van der Waals surface area contributed by atoms with Gasteiger partial charge in [0.25, 0.3) is 11.6 Å². The van der Waals surface area contributed by atoms with Crippen molar-refractivity contribution in [3.05, 3.63) is 33.9 Å². The molecule has 0 atom stereocenters. The van der Waals surface area contributed by atoms with E-state index in [0.29, 0.717) is 0 Å². The molecule has 8 heteroatoms. The Morgan fingerprint density at radius 1 is 1.30 bits per heavy atom. The van der Waals surface area contributed by atoms with Crippen LogP contribution in [0.3, 0.4) is 0 Å². The number of nitrogens with one attached hydrogen (secondary N) is 1. The lowest BCUT2D eigenvalue weighted by molar-refractivity contribution is -0.384. The largest absolute Gasteiger partial charge is 0.452 e. The van der Waals surface area contributed by atoms with Gasteiger partial charge in [-0.15, -0.1) is 0 Å². The summed E-state index contributed by atoms with van der Waals surface area (Å²) >= 11 is 0. The number of hydrogen-bond donors (Lipinski definition) is 2. The Morgan fingerprint density at radius 3 is 2.61 bits per heavy atom. The normalized spacial score (nSPS) is 15.0. The van der Waals surface area contributed by atoms with E-state index >= 15 is 0 Å². The van der Waals surface area contributed by atoms with Gasteiger partial charge in [-0.1, -0.05) is 19.3 Å². The van der Waals surface area contributed by atoms with Gasteiger partial charge in [-0.05, 0) is 18.9 Å². The van der Waals surface area contributed by atoms with E-state index in [1.807, 2.05) is 0 Å². The SMILES string of the molecule is Nc1cc([N+](=O)[O-])ccc1C(=O)OCC(=O)NC1CCCCC1. The Kier molecular flexibility index (Phi) is 5.51. The summed E-state index contributed by atoms with van der Waals surface area (Å²) in [5.41, 5.74) is 5.34. The van der Waals surface area contributed by atoms with Crippen LogP contribution in [0.4, 0.5) is 11.4 Å². The van der Waals surface area contributed by atoms with Crippen LogP contribution in [0, 0.1) is 10.1 Å². The standard InChI is InChI=1S/C15H19N3O5/c16-13-8-11(18(21)22)6-7-12(13)15(20)23-9-14(19)17-10-4-2-1-3-5-10/h6-8,10H,1-5,9,16H2,(H,17,19). The van der Waals surface area contributed by atoms with Crippen molar-refractivity contribution in [2.75, 3.05) is 12.3 Å². The van der Waals surface area contributed by atoms with Crippen molar-refractivity contribution >= 4 is 23.3 Å². The lowest BCUT2D eigenvalue weighted by Crippen LogP contribution is -2.38. The third kappa shape index (κ3) is 4.67. The van der Waals surface area contributed by atoms with Gasteiger partial charge in [-0.2, -0.15) is 0 Å². The van der Waals surface area contributed by atoms with Gasteiger partial charge < -0.3 is 15.8 Å². The summed E-state index contributed by atoms with van der Waals surface area (Å²) in [6, 6.07) is 3.60. The molecular formula is C15H19N3O5. The van der Waals surface area contributed by atoms with E-state index in [2.05, 4.69) is 5.32 Å². The first-order valence-electron chi connectivity index (χ1n) is 7.48. The van der Waals surface area contributed by atoms with E-state index in [1.165, 1.54) is 12.5 Å². The number of carbonyl (C=O) groups is 2. The van der Waals surface area contributed by atoms with Crippen molar-refractivity contribution in [2.45, 2.75) is 38.1 Å². The van der Waals surface area contributed by atoms with Gasteiger partial charge in [0.15, 0.2) is 6.61 Å². The fourth-order valence-corrected chi connectivity index (χ4v) is 2.57. The van der Waals surface area contributed by atoms with Crippen molar-refractivity contribution in [3.8, 4) is 0 Å². The van der Waals surface area contributed by atoms with Crippen molar-refractivity contribution < 1.29 is 19.2 Å². The minimum absolute atomic E-state index is 0.000987. The molecule has 23 heavy (non-hydrogen) atoms. The summed E-state index contributed by atoms with van der Waals surface area (Å²) in [4.78, 5) is 33.7. The quantitative estimate of drug-likeness (QED) is 0.368. The molecule has 124 valence electrons. The number of carbonyl (C=O) groups excluding carboxylic acids is 2. The first-order chi connectivity index (χ1) is 11.0. The summed E-state index contributed by atoms with van der Waals surface area (Å²) in [6.45, 7) is -0.397. The molecule has 0 radical (unpaired) electrons. The van der Waals surface area contributed by atoms with Crippen molar-refractivity contribution in [1.29, 1.82) is 0 Å². The number of nitrogen functional groups attached to an aromatic ring is 1. The Labute approximate surface area is 133 Å². The Morgan fingerprint density at radius 2 is 2.00 bits per heavy atom. The molecule has 0 saturated heterocycles. The Hall–Kier alpha value is -2.64. The maximum atomic E-state index is 11.9. The molecule has 3 N–H and O–H groups in total. The van der Waals surface area contributed by atoms with Gasteiger partial charge in [-0.25, -0.2) is 4.79 Å². The maximum Gasteiger partial charge on any atom is 0.340 e. The molecule has 0 unspecified atom stereocenters. The minimum Gasteiger partial charge on any atom is -0.452 e. The third-order valence-electron chi connectivity index (χ3n) is 3.77. The van der Waals surface area contributed by atoms with Crippen LogP contribution in [0.5, 0.6) is 0 Å². The van der Waals surface area contributed by atoms with Gasteiger partial charge in [0.05, 0.1) is 16.2 Å². The fraction of sp³-hybridized carbons (Fsp3) is 0.467. The second-order valence-corrected chi connectivity index (χ2v) is 5.51. The molecule has 1 fully saturated rings. The van der Waals surface area contributed by atoms with Gasteiger partial charge in [0, 0.05) is 18.2 Å². The molecule has 8 nitrogen and oxygen atoms in total. The molecule has 1 aliphatic rings. The van der Waals surface area contributed by atoms with E-state index in [4.69, 9.17) is 10.5 Å². The molecule has 2 rings (SSSR count). The minimum atomic E-state index is -0.781. The molecule has 1 aromatic carbocycles. The zero-order valence-electron chi connectivity index (χ0n) is 12.6. The van der Waals surface area contributed by atoms with Crippen molar-refractivity contribution in [1.82, 2.24) is 5.32 Å². The highest BCUT2D eigenvalue weighted by Crippen LogP contribution is 2.20. The lowest BCUT2D eigenvalue weighted by atomic mass is 9.95. The van der Waals surface area contributed by atoms with E-state index in [0.717, 1.165) is 37.8 Å². The molecule has 0 spiro atoms. The molecule has 1 aromatic rings. The maximum absolute atomic E-state index is 11.9. The van der Waals surface area contributed by atoms with Crippen molar-refractivity contribution in [3.63, 3.8) is 0 Å². The number of nitro benzene ring substituents is 1. The zero-order chi connectivity index (χ0) is 16.8. The molecule has 0 aliphatic heterocycles. The summed E-state index contributed by atoms with van der Waals surface area (Å²) < 4.78 is 4.91. The number of ether oxygens (including phenoxy) is 1. The number of amides is 1. The first-order valence-corrected chi connectivity index (χ1v) is 7.48. The van der Waals surface area contributed by atoms with Crippen LogP contribution < -0.4 is 11.1 Å². The number of rotatable bonds is 5. The molecule has 1 saturated carbocycles. The topological polar surface area (TPSA) is 125 Å². The fourth-order valence-electron chi connectivity index (χ4n) is 2.57. The van der Waals surface area contributed by atoms with Crippen LogP contribution in [0.2, 0.25) is 0 Å². The van der Waals surface area contributed by atoms with E-state index < -0.39 is 17.5 Å². The molecule has 1 amide bonds. The van der Waals surface area contributed by atoms with Gasteiger partial charge in [0.1, 0.15) is 0 Å². The Bertz CT molecular complexity index is 611. The van der Waals surface area contributed by atoms with Gasteiger partial charge in [0.2, 0.25) is 0 Å². The number of nitrogens with two attached hydrogens (primary N) is 1. The van der Waals surface area contributed by atoms with Crippen LogP contribution in [-0.2, 0) is 9.53 Å². The van der Waals surface area contributed by atoms with Crippen LogP contribution >= 0.6 is 0 Å². The van der Waals surface area contributed by atoms with Crippen LogP contribution in [-0.4, -0.2) is 29.4 Å². The summed E-state index contributed by atoms with van der Waals surface area (Å²) in [5, 5.41) is 13.4. The first kappa shape index (κ1) is 16.7. The molecule has 0 heterocycles. The highest BCUT2D eigenvalue weighted by Gasteiger charge is 2.19. The molecule has 1 aliphatic carbocycles. The van der Waals surface area contributed by atoms with E-state index in [-0.39, 0.29) is 28.9 Å². The molecular weight excluding hydrogens is 302 g/mol. The predicted octanol–water partition coefficient (Wildman–Crippen LogP) is 1.78. The summed E-state index contributed by atoms with van der Waals surface area (Å²) in [5.74, 6) is -1.14. The van der Waals surface area contributed by atoms with E-state index in [1.54, 1.807) is 0 Å². The highest BCUT2D eigenvalue weighted by atomic mass is 16.6. The molecule has 0 bridgehead atoms. The number of nitro groups is 1. The average Bonchev–Trinajstić information content (AvgIpc) is 2.53. The summed E-state index contributed by atoms with van der Waals surface area (Å²) in [7, 11) is 0. The van der Waals surface area contributed by atoms with Gasteiger partial charge in [-0.3, -0.25) is 14.9 Å². The lowest BCUT2D eigenvalue weighted by Gasteiger charge is -2.22. The smallest absolute Gasteiger partial charge is 0.340 e. The number of non-ortho nitro benzene ring substituents is 1. The second kappa shape index (κ2) is 7.57. The second-order valence-electron chi connectivity index (χ2n) is 5.51. The monoisotopic (exact) mass is 321 g/mol. The summed E-state index contributed by atoms with van der Waals surface area (Å²) in [6.07, 6.45) is 5.23. The van der Waals surface area contributed by atoms with Gasteiger partial charge >= 0.3 is 5.97 Å². The number of hydrogen-bond acceptors (Lipinski definition) is 6. The van der Waals surface area contributed by atoms with Crippen molar-refractivity contribution in [2.24, 2.45) is 0 Å². The number of benzene rings is 1. The van der Waals surface area contributed by atoms with Crippen LogP contribution in [0.15, 0.2) is 18.2 Å². The molecule has 0 aromatic heterocycles. The van der Waals surface area contributed by atoms with Crippen LogP contribution in [0.25, 0.3) is 0 Å². The third-order valence-corrected chi connectivity index (χ3v) is 3.77.